The second-order valence-corrected chi connectivity index (χ2v) is 10.9. The molecule has 0 unspecified atom stereocenters. The number of hydrogen-bond acceptors (Lipinski definition) is 4. The van der Waals surface area contributed by atoms with Gasteiger partial charge in [-0.1, -0.05) is 63.2 Å². The van der Waals surface area contributed by atoms with Gasteiger partial charge in [-0.25, -0.2) is 17.2 Å². The lowest BCUT2D eigenvalue weighted by molar-refractivity contribution is 0.0600. The van der Waals surface area contributed by atoms with Crippen LogP contribution in [0.3, 0.4) is 0 Å². The largest absolute Gasteiger partial charge is 0.465 e. The Bertz CT molecular complexity index is 1430. The molecule has 0 saturated carbocycles. The molecule has 6 heteroatoms. The zero-order valence-corrected chi connectivity index (χ0v) is 20.0. The van der Waals surface area contributed by atoms with Crippen LogP contribution in [0.4, 0.5) is 0 Å². The third kappa shape index (κ3) is 4.44. The number of hydrogen-bond donors (Lipinski definition) is 0. The Morgan fingerprint density at radius 3 is 2.27 bits per heavy atom. The van der Waals surface area contributed by atoms with Crippen LogP contribution in [0, 0.1) is 0 Å². The van der Waals surface area contributed by atoms with Gasteiger partial charge in [0.05, 0.1) is 23.1 Å². The first-order chi connectivity index (χ1) is 15.6. The van der Waals surface area contributed by atoms with Gasteiger partial charge in [-0.2, -0.15) is 0 Å². The zero-order valence-electron chi connectivity index (χ0n) is 19.2. The number of fused-ring (bicyclic) bond motifs is 1. The van der Waals surface area contributed by atoms with Gasteiger partial charge in [0.2, 0.25) is 0 Å². The van der Waals surface area contributed by atoms with Gasteiger partial charge in [0.25, 0.3) is 10.0 Å². The van der Waals surface area contributed by atoms with Crippen molar-refractivity contribution in [1.82, 2.24) is 3.97 Å². The number of nitrogens with zero attached hydrogens (tertiary/aromatic N) is 1. The number of para-hydroxylation sites is 1. The highest BCUT2D eigenvalue weighted by Gasteiger charge is 2.25. The number of methoxy groups -OCH3 is 1. The molecule has 1 aromatic heterocycles. The number of carbonyl (C=O) groups excluding carboxylic acids is 1. The molecule has 0 aliphatic carbocycles. The zero-order chi connectivity index (χ0) is 23.8. The van der Waals surface area contributed by atoms with Crippen molar-refractivity contribution < 1.29 is 17.9 Å². The lowest BCUT2D eigenvalue weighted by Gasteiger charge is -2.20. The van der Waals surface area contributed by atoms with E-state index >= 15 is 0 Å². The molecule has 0 N–H and O–H groups in total. The first-order valence-corrected chi connectivity index (χ1v) is 12.2. The summed E-state index contributed by atoms with van der Waals surface area (Å²) in [4.78, 5) is 12.0. The second-order valence-electron chi connectivity index (χ2n) is 9.11. The van der Waals surface area contributed by atoms with Crippen LogP contribution in [-0.2, 0) is 26.6 Å². The minimum atomic E-state index is -3.84. The summed E-state index contributed by atoms with van der Waals surface area (Å²) in [5.41, 5.74) is 3.43. The number of rotatable bonds is 5. The maximum atomic E-state index is 13.9. The SMILES string of the molecule is COC(=O)c1ccc(Cc2cc3ccccc3n2S(=O)(=O)c2cccc(C(C)(C)C)c2)cc1. The molecular formula is C27H27NO4S. The van der Waals surface area contributed by atoms with E-state index in [9.17, 15) is 13.2 Å². The van der Waals surface area contributed by atoms with E-state index in [-0.39, 0.29) is 10.3 Å². The van der Waals surface area contributed by atoms with E-state index in [2.05, 4.69) is 20.8 Å². The smallest absolute Gasteiger partial charge is 0.337 e. The van der Waals surface area contributed by atoms with Crippen molar-refractivity contribution in [3.8, 4) is 0 Å². The van der Waals surface area contributed by atoms with Gasteiger partial charge in [-0.05, 0) is 52.9 Å². The highest BCUT2D eigenvalue weighted by atomic mass is 32.2. The van der Waals surface area contributed by atoms with E-state index < -0.39 is 16.0 Å². The molecule has 0 fully saturated rings. The molecule has 170 valence electrons. The first-order valence-electron chi connectivity index (χ1n) is 10.7. The van der Waals surface area contributed by atoms with Crippen LogP contribution in [0.5, 0.6) is 0 Å². The fourth-order valence-corrected chi connectivity index (χ4v) is 5.50. The van der Waals surface area contributed by atoms with E-state index in [0.717, 1.165) is 16.5 Å². The van der Waals surface area contributed by atoms with Crippen LogP contribution < -0.4 is 0 Å². The maximum absolute atomic E-state index is 13.9. The monoisotopic (exact) mass is 461 g/mol. The summed E-state index contributed by atoms with van der Waals surface area (Å²) in [5.74, 6) is -0.406. The van der Waals surface area contributed by atoms with Crippen molar-refractivity contribution in [2.75, 3.05) is 7.11 Å². The Morgan fingerprint density at radius 1 is 0.909 bits per heavy atom. The Labute approximate surface area is 194 Å². The van der Waals surface area contributed by atoms with Crippen molar-refractivity contribution in [3.63, 3.8) is 0 Å². The molecule has 0 atom stereocenters. The van der Waals surface area contributed by atoms with E-state index in [1.807, 2.05) is 48.5 Å². The van der Waals surface area contributed by atoms with Crippen molar-refractivity contribution in [2.24, 2.45) is 0 Å². The quantitative estimate of drug-likeness (QED) is 0.365. The summed E-state index contributed by atoms with van der Waals surface area (Å²) in [6.07, 6.45) is 0.397. The van der Waals surface area contributed by atoms with Crippen molar-refractivity contribution in [3.05, 3.63) is 101 Å². The fourth-order valence-electron chi connectivity index (χ4n) is 3.91. The predicted molar refractivity (Wildman–Crippen MR) is 130 cm³/mol. The van der Waals surface area contributed by atoms with Crippen molar-refractivity contribution in [1.29, 1.82) is 0 Å². The Hall–Kier alpha value is -3.38. The highest BCUT2D eigenvalue weighted by molar-refractivity contribution is 7.90. The van der Waals surface area contributed by atoms with Crippen LogP contribution in [0.15, 0.2) is 83.8 Å². The van der Waals surface area contributed by atoms with Gasteiger partial charge in [-0.15, -0.1) is 0 Å². The van der Waals surface area contributed by atoms with Gasteiger partial charge in [-0.3, -0.25) is 0 Å². The van der Waals surface area contributed by atoms with Gasteiger partial charge >= 0.3 is 5.97 Å². The molecule has 0 saturated heterocycles. The van der Waals surface area contributed by atoms with E-state index in [4.69, 9.17) is 4.74 Å². The second kappa shape index (κ2) is 8.52. The summed E-state index contributed by atoms with van der Waals surface area (Å²) in [7, 11) is -2.50. The molecule has 0 amide bonds. The molecule has 0 spiro atoms. The standard InChI is InChI=1S/C27H27NO4S/c1-27(2,3)22-9-7-10-24(18-22)33(30,31)28-23(17-21-8-5-6-11-25(21)28)16-19-12-14-20(15-13-19)26(29)32-4/h5-15,17-18H,16H2,1-4H3. The topological polar surface area (TPSA) is 65.4 Å². The molecule has 4 rings (SSSR count). The van der Waals surface area contributed by atoms with Crippen LogP contribution in [0.25, 0.3) is 10.9 Å². The molecular weight excluding hydrogens is 434 g/mol. The Morgan fingerprint density at radius 2 is 1.61 bits per heavy atom. The summed E-state index contributed by atoms with van der Waals surface area (Å²) in [6, 6.07) is 23.6. The number of esters is 1. The van der Waals surface area contributed by atoms with Gasteiger partial charge in [0.15, 0.2) is 0 Å². The normalized spacial score (nSPS) is 12.1. The summed E-state index contributed by atoms with van der Waals surface area (Å²) in [6.45, 7) is 6.19. The van der Waals surface area contributed by atoms with E-state index in [1.165, 1.54) is 11.1 Å². The van der Waals surface area contributed by atoms with Crippen LogP contribution >= 0.6 is 0 Å². The Kier molecular flexibility index (Phi) is 5.89. The van der Waals surface area contributed by atoms with Gasteiger partial charge in [0, 0.05) is 17.5 Å². The third-order valence-corrected chi connectivity index (χ3v) is 7.50. The summed E-state index contributed by atoms with van der Waals surface area (Å²) in [5, 5.41) is 0.856. The number of ether oxygens (including phenoxy) is 1. The van der Waals surface area contributed by atoms with Gasteiger partial charge in [0.1, 0.15) is 0 Å². The maximum Gasteiger partial charge on any atom is 0.337 e. The predicted octanol–water partition coefficient (Wildman–Crippen LogP) is 5.55. The van der Waals surface area contributed by atoms with Crippen LogP contribution in [0.1, 0.15) is 48.0 Å². The molecule has 33 heavy (non-hydrogen) atoms. The number of aromatic nitrogens is 1. The van der Waals surface area contributed by atoms with Gasteiger partial charge < -0.3 is 4.74 Å². The average Bonchev–Trinajstić information content (AvgIpc) is 3.17. The summed E-state index contributed by atoms with van der Waals surface area (Å²) < 4.78 is 34.0. The van der Waals surface area contributed by atoms with Crippen molar-refractivity contribution >= 4 is 26.9 Å². The highest BCUT2D eigenvalue weighted by Crippen LogP contribution is 2.30. The van der Waals surface area contributed by atoms with E-state index in [0.29, 0.717) is 23.2 Å². The third-order valence-electron chi connectivity index (χ3n) is 5.74. The molecule has 0 bridgehead atoms. The lowest BCUT2D eigenvalue weighted by Crippen LogP contribution is -2.18. The molecule has 0 aliphatic rings. The molecule has 1 heterocycles. The molecule has 0 aliphatic heterocycles. The molecule has 5 nitrogen and oxygen atoms in total. The first kappa shape index (κ1) is 22.8. The molecule has 4 aromatic rings. The molecule has 0 radical (unpaired) electrons. The van der Waals surface area contributed by atoms with Crippen molar-refractivity contribution in [2.45, 2.75) is 37.5 Å². The minimum absolute atomic E-state index is 0.172. The number of carbonyl (C=O) groups is 1. The lowest BCUT2D eigenvalue weighted by atomic mass is 9.87. The fraction of sp³-hybridized carbons (Fsp3) is 0.222. The summed E-state index contributed by atoms with van der Waals surface area (Å²) >= 11 is 0. The minimum Gasteiger partial charge on any atom is -0.465 e. The van der Waals surface area contributed by atoms with E-state index in [1.54, 1.807) is 30.3 Å². The van der Waals surface area contributed by atoms with Crippen LogP contribution in [0.2, 0.25) is 0 Å². The Balaban J connectivity index is 1.83. The number of benzene rings is 3. The van der Waals surface area contributed by atoms with Crippen LogP contribution in [-0.4, -0.2) is 25.5 Å². The average molecular weight is 462 g/mol. The molecule has 3 aromatic carbocycles.